The number of rotatable bonds is 0. The number of hydrogen-bond donors (Lipinski definition) is 2. The molecule has 0 fully saturated rings. The Bertz CT molecular complexity index is 297. The third-order valence-electron chi connectivity index (χ3n) is 3.16. The van der Waals surface area contributed by atoms with Gasteiger partial charge in [0.2, 0.25) is 0 Å². The standard InChI is InChI=1S/C12H20O4/c1-6-5-7(2)11(14)9(4)16-12(15)8(3)10(6)13/h5,7-11,13-14H,1-4H3/b6-5+/t7-,8+,9-,10-,11+/m0/s1. The first-order valence-electron chi connectivity index (χ1n) is 5.59. The van der Waals surface area contributed by atoms with Crippen molar-refractivity contribution >= 4 is 5.97 Å². The molecule has 0 unspecified atom stereocenters. The van der Waals surface area contributed by atoms with Gasteiger partial charge in [0.05, 0.1) is 18.1 Å². The Morgan fingerprint density at radius 3 is 2.38 bits per heavy atom. The Morgan fingerprint density at radius 1 is 1.25 bits per heavy atom. The SMILES string of the molecule is C/C1=C\[C@H](C)[C@@H](O)[C@H](C)OC(=O)[C@H](C)[C@H]1O. The summed E-state index contributed by atoms with van der Waals surface area (Å²) in [6.45, 7) is 6.88. The van der Waals surface area contributed by atoms with Gasteiger partial charge in [0.1, 0.15) is 6.10 Å². The molecule has 4 nitrogen and oxygen atoms in total. The number of carbonyl (C=O) groups is 1. The topological polar surface area (TPSA) is 66.8 Å². The van der Waals surface area contributed by atoms with Crippen molar-refractivity contribution in [3.05, 3.63) is 11.6 Å². The predicted molar refractivity (Wildman–Crippen MR) is 59.7 cm³/mol. The lowest BCUT2D eigenvalue weighted by atomic mass is 9.94. The van der Waals surface area contributed by atoms with Crippen LogP contribution < -0.4 is 0 Å². The van der Waals surface area contributed by atoms with E-state index in [1.807, 2.05) is 6.92 Å². The molecule has 0 radical (unpaired) electrons. The molecule has 0 amide bonds. The first-order valence-corrected chi connectivity index (χ1v) is 5.59. The van der Waals surface area contributed by atoms with Crippen LogP contribution in [0.2, 0.25) is 0 Å². The highest BCUT2D eigenvalue weighted by Crippen LogP contribution is 2.22. The van der Waals surface area contributed by atoms with Gasteiger partial charge in [-0.25, -0.2) is 0 Å². The van der Waals surface area contributed by atoms with E-state index in [1.165, 1.54) is 0 Å². The van der Waals surface area contributed by atoms with Crippen LogP contribution in [0.25, 0.3) is 0 Å². The smallest absolute Gasteiger partial charge is 0.311 e. The molecule has 0 saturated heterocycles. The van der Waals surface area contributed by atoms with Crippen molar-refractivity contribution in [2.45, 2.75) is 46.0 Å². The van der Waals surface area contributed by atoms with Crippen LogP contribution in [0.5, 0.6) is 0 Å². The molecule has 0 saturated carbocycles. The van der Waals surface area contributed by atoms with Gasteiger partial charge in [-0.1, -0.05) is 13.0 Å². The molecule has 1 aliphatic rings. The molecule has 0 spiro atoms. The molecule has 5 atom stereocenters. The van der Waals surface area contributed by atoms with E-state index in [2.05, 4.69) is 0 Å². The van der Waals surface area contributed by atoms with Crippen molar-refractivity contribution in [2.24, 2.45) is 11.8 Å². The van der Waals surface area contributed by atoms with E-state index in [0.29, 0.717) is 5.57 Å². The van der Waals surface area contributed by atoms with Crippen molar-refractivity contribution in [2.75, 3.05) is 0 Å². The number of esters is 1. The lowest BCUT2D eigenvalue weighted by molar-refractivity contribution is -0.161. The van der Waals surface area contributed by atoms with Gasteiger partial charge in [0.25, 0.3) is 0 Å². The van der Waals surface area contributed by atoms with E-state index in [-0.39, 0.29) is 5.92 Å². The lowest BCUT2D eigenvalue weighted by Gasteiger charge is -2.22. The summed E-state index contributed by atoms with van der Waals surface area (Å²) in [5.74, 6) is -1.22. The van der Waals surface area contributed by atoms with Crippen molar-refractivity contribution < 1.29 is 19.7 Å². The van der Waals surface area contributed by atoms with E-state index in [1.54, 1.807) is 26.8 Å². The molecule has 1 heterocycles. The molecule has 2 N–H and O–H groups in total. The maximum atomic E-state index is 11.6. The van der Waals surface area contributed by atoms with Crippen LogP contribution in [-0.4, -0.2) is 34.5 Å². The second-order valence-corrected chi connectivity index (χ2v) is 4.64. The maximum Gasteiger partial charge on any atom is 0.311 e. The van der Waals surface area contributed by atoms with Gasteiger partial charge in [0, 0.05) is 5.92 Å². The summed E-state index contributed by atoms with van der Waals surface area (Å²) in [5, 5.41) is 19.8. The van der Waals surface area contributed by atoms with Crippen molar-refractivity contribution in [1.29, 1.82) is 0 Å². The molecule has 1 aliphatic heterocycles. The largest absolute Gasteiger partial charge is 0.460 e. The Hall–Kier alpha value is -0.870. The van der Waals surface area contributed by atoms with Gasteiger partial charge in [-0.05, 0) is 26.3 Å². The van der Waals surface area contributed by atoms with Gasteiger partial charge < -0.3 is 14.9 Å². The number of ether oxygens (including phenoxy) is 1. The van der Waals surface area contributed by atoms with Gasteiger partial charge in [-0.2, -0.15) is 0 Å². The normalized spacial score (nSPS) is 44.8. The quantitative estimate of drug-likeness (QED) is 0.477. The fourth-order valence-corrected chi connectivity index (χ4v) is 1.92. The van der Waals surface area contributed by atoms with Crippen molar-refractivity contribution in [3.63, 3.8) is 0 Å². The van der Waals surface area contributed by atoms with E-state index in [0.717, 1.165) is 0 Å². The highest BCUT2D eigenvalue weighted by molar-refractivity contribution is 5.73. The van der Waals surface area contributed by atoms with Crippen LogP contribution in [0.15, 0.2) is 11.6 Å². The van der Waals surface area contributed by atoms with Gasteiger partial charge in [-0.3, -0.25) is 4.79 Å². The first-order chi connectivity index (χ1) is 7.34. The lowest BCUT2D eigenvalue weighted by Crippen LogP contribution is -2.35. The minimum absolute atomic E-state index is 0.150. The molecule has 0 aromatic carbocycles. The molecular formula is C12H20O4. The maximum absolute atomic E-state index is 11.6. The Labute approximate surface area is 95.9 Å². The minimum Gasteiger partial charge on any atom is -0.460 e. The van der Waals surface area contributed by atoms with Crippen LogP contribution >= 0.6 is 0 Å². The Morgan fingerprint density at radius 2 is 1.81 bits per heavy atom. The number of carbonyl (C=O) groups excluding carboxylic acids is 1. The molecule has 0 aliphatic carbocycles. The van der Waals surface area contributed by atoms with Crippen LogP contribution in [0.1, 0.15) is 27.7 Å². The zero-order chi connectivity index (χ0) is 12.5. The molecule has 92 valence electrons. The summed E-state index contributed by atoms with van der Waals surface area (Å²) < 4.78 is 5.10. The fraction of sp³-hybridized carbons (Fsp3) is 0.750. The van der Waals surface area contributed by atoms with Crippen LogP contribution in [-0.2, 0) is 9.53 Å². The predicted octanol–water partition coefficient (Wildman–Crippen LogP) is 0.872. The molecule has 0 aromatic rings. The third-order valence-corrected chi connectivity index (χ3v) is 3.16. The second kappa shape index (κ2) is 4.97. The number of aliphatic hydroxyl groups is 2. The van der Waals surface area contributed by atoms with E-state index < -0.39 is 30.2 Å². The van der Waals surface area contributed by atoms with Crippen molar-refractivity contribution in [3.8, 4) is 0 Å². The van der Waals surface area contributed by atoms with Crippen LogP contribution in [0.4, 0.5) is 0 Å². The molecular weight excluding hydrogens is 208 g/mol. The average Bonchev–Trinajstić information content (AvgIpc) is 2.25. The van der Waals surface area contributed by atoms with Gasteiger partial charge in [-0.15, -0.1) is 0 Å². The summed E-state index contributed by atoms with van der Waals surface area (Å²) >= 11 is 0. The summed E-state index contributed by atoms with van der Waals surface area (Å²) in [4.78, 5) is 11.6. The first kappa shape index (κ1) is 13.2. The van der Waals surface area contributed by atoms with Crippen LogP contribution in [0, 0.1) is 11.8 Å². The molecule has 0 aromatic heterocycles. The number of cyclic esters (lactones) is 1. The van der Waals surface area contributed by atoms with E-state index >= 15 is 0 Å². The third kappa shape index (κ3) is 2.62. The number of aliphatic hydroxyl groups excluding tert-OH is 2. The van der Waals surface area contributed by atoms with Gasteiger partial charge in [0.15, 0.2) is 0 Å². The number of hydrogen-bond acceptors (Lipinski definition) is 4. The van der Waals surface area contributed by atoms with E-state index in [9.17, 15) is 15.0 Å². The fourth-order valence-electron chi connectivity index (χ4n) is 1.92. The monoisotopic (exact) mass is 228 g/mol. The Kier molecular flexibility index (Phi) is 4.10. The highest BCUT2D eigenvalue weighted by Gasteiger charge is 2.32. The summed E-state index contributed by atoms with van der Waals surface area (Å²) in [5.41, 5.74) is 0.699. The molecule has 1 rings (SSSR count). The zero-order valence-corrected chi connectivity index (χ0v) is 10.2. The average molecular weight is 228 g/mol. The van der Waals surface area contributed by atoms with Crippen molar-refractivity contribution in [1.82, 2.24) is 0 Å². The summed E-state index contributed by atoms with van der Waals surface area (Å²) in [6, 6.07) is 0. The molecule has 0 bridgehead atoms. The second-order valence-electron chi connectivity index (χ2n) is 4.64. The summed E-state index contributed by atoms with van der Waals surface area (Å²) in [6.07, 6.45) is -0.340. The molecule has 16 heavy (non-hydrogen) atoms. The highest BCUT2D eigenvalue weighted by atomic mass is 16.6. The van der Waals surface area contributed by atoms with Crippen LogP contribution in [0.3, 0.4) is 0 Å². The molecule has 4 heteroatoms. The zero-order valence-electron chi connectivity index (χ0n) is 10.2. The summed E-state index contributed by atoms with van der Waals surface area (Å²) in [7, 11) is 0. The van der Waals surface area contributed by atoms with Gasteiger partial charge >= 0.3 is 5.97 Å². The van der Waals surface area contributed by atoms with E-state index in [4.69, 9.17) is 4.74 Å². The Balaban J connectivity index is 3.02. The minimum atomic E-state index is -0.840.